The third-order valence-corrected chi connectivity index (χ3v) is 4.95. The van der Waals surface area contributed by atoms with Crippen molar-refractivity contribution in [3.05, 3.63) is 65.7 Å². The first-order valence-electron chi connectivity index (χ1n) is 8.99. The van der Waals surface area contributed by atoms with Crippen LogP contribution < -0.4 is 5.32 Å². The molecule has 1 amide bonds. The minimum absolute atomic E-state index is 0.119. The van der Waals surface area contributed by atoms with E-state index >= 15 is 0 Å². The molecule has 1 aliphatic rings. The Morgan fingerprint density at radius 3 is 2.30 bits per heavy atom. The van der Waals surface area contributed by atoms with E-state index in [4.69, 9.17) is 0 Å². The van der Waals surface area contributed by atoms with Crippen molar-refractivity contribution in [3.8, 4) is 0 Å². The van der Waals surface area contributed by atoms with Crippen LogP contribution in [-0.4, -0.2) is 48.6 Å². The van der Waals surface area contributed by atoms with Gasteiger partial charge in [-0.2, -0.15) is 0 Å². The first-order valence-corrected chi connectivity index (χ1v) is 8.99. The molecule has 27 heavy (non-hydrogen) atoms. The van der Waals surface area contributed by atoms with E-state index in [0.717, 1.165) is 5.56 Å². The Kier molecular flexibility index (Phi) is 5.88. The first-order chi connectivity index (χ1) is 13.0. The highest BCUT2D eigenvalue weighted by Crippen LogP contribution is 2.32. The van der Waals surface area contributed by atoms with Crippen LogP contribution in [0.15, 0.2) is 54.6 Å². The van der Waals surface area contributed by atoms with Gasteiger partial charge in [0.2, 0.25) is 5.91 Å². The summed E-state index contributed by atoms with van der Waals surface area (Å²) in [5.41, 5.74) is 1.18. The van der Waals surface area contributed by atoms with Gasteiger partial charge in [0.1, 0.15) is 0 Å². The number of carbonyl (C=O) groups excluding carboxylic acids is 2. The lowest BCUT2D eigenvalue weighted by atomic mass is 9.84. The van der Waals surface area contributed by atoms with Crippen LogP contribution in [0.3, 0.4) is 0 Å². The standard InChI is InChI=1S/C21H24N2O4/c1-27-20(25)16-7-9-18(10-8-16)22-19(24)15-23-13-11-21(26,12-14-23)17-5-3-2-4-6-17/h2-10,26H,11-15H2,1H3,(H,22,24). The van der Waals surface area contributed by atoms with Crippen LogP contribution in [0.25, 0.3) is 0 Å². The summed E-state index contributed by atoms with van der Waals surface area (Å²) < 4.78 is 4.65. The van der Waals surface area contributed by atoms with Gasteiger partial charge in [0.25, 0.3) is 0 Å². The Hall–Kier alpha value is -2.70. The second kappa shape index (κ2) is 8.33. The number of anilines is 1. The number of hydrogen-bond donors (Lipinski definition) is 2. The Morgan fingerprint density at radius 2 is 1.70 bits per heavy atom. The Morgan fingerprint density at radius 1 is 1.07 bits per heavy atom. The number of esters is 1. The van der Waals surface area contributed by atoms with Crippen LogP contribution in [0, 0.1) is 0 Å². The number of nitrogens with zero attached hydrogens (tertiary/aromatic N) is 1. The molecule has 2 N–H and O–H groups in total. The molecule has 0 unspecified atom stereocenters. The molecule has 2 aromatic rings. The number of likely N-dealkylation sites (tertiary alicyclic amines) is 1. The smallest absolute Gasteiger partial charge is 0.337 e. The number of methoxy groups -OCH3 is 1. The van der Waals surface area contributed by atoms with Crippen LogP contribution in [0.4, 0.5) is 5.69 Å². The fraction of sp³-hybridized carbons (Fsp3) is 0.333. The van der Waals surface area contributed by atoms with Gasteiger partial charge in [-0.3, -0.25) is 9.69 Å². The van der Waals surface area contributed by atoms with E-state index in [2.05, 4.69) is 10.1 Å². The molecule has 142 valence electrons. The molecule has 0 spiro atoms. The maximum Gasteiger partial charge on any atom is 0.337 e. The van der Waals surface area contributed by atoms with Crippen LogP contribution in [0.2, 0.25) is 0 Å². The second-order valence-corrected chi connectivity index (χ2v) is 6.79. The summed E-state index contributed by atoms with van der Waals surface area (Å²) in [7, 11) is 1.33. The van der Waals surface area contributed by atoms with Crippen molar-refractivity contribution in [1.29, 1.82) is 0 Å². The molecule has 1 saturated heterocycles. The number of nitrogens with one attached hydrogen (secondary N) is 1. The Balaban J connectivity index is 1.50. The lowest BCUT2D eigenvalue weighted by Crippen LogP contribution is -2.45. The lowest BCUT2D eigenvalue weighted by Gasteiger charge is -2.38. The Bertz CT molecular complexity index is 782. The van der Waals surface area contributed by atoms with Crippen molar-refractivity contribution < 1.29 is 19.4 Å². The van der Waals surface area contributed by atoms with Gasteiger partial charge in [-0.25, -0.2) is 4.79 Å². The highest BCUT2D eigenvalue weighted by Gasteiger charge is 2.34. The average Bonchev–Trinajstić information content (AvgIpc) is 2.70. The van der Waals surface area contributed by atoms with Crippen molar-refractivity contribution in [2.75, 3.05) is 32.1 Å². The van der Waals surface area contributed by atoms with Crippen molar-refractivity contribution in [3.63, 3.8) is 0 Å². The normalized spacial score (nSPS) is 16.5. The molecule has 0 atom stereocenters. The molecule has 0 bridgehead atoms. The fourth-order valence-electron chi connectivity index (χ4n) is 3.33. The topological polar surface area (TPSA) is 78.9 Å². The van der Waals surface area contributed by atoms with E-state index in [9.17, 15) is 14.7 Å². The number of benzene rings is 2. The van der Waals surface area contributed by atoms with E-state index in [1.807, 2.05) is 35.2 Å². The summed E-state index contributed by atoms with van der Waals surface area (Å²) >= 11 is 0. The van der Waals surface area contributed by atoms with Crippen molar-refractivity contribution in [2.24, 2.45) is 0 Å². The molecule has 3 rings (SSSR count). The largest absolute Gasteiger partial charge is 0.465 e. The van der Waals surface area contributed by atoms with Gasteiger partial charge in [-0.1, -0.05) is 30.3 Å². The predicted molar refractivity (Wildman–Crippen MR) is 102 cm³/mol. The van der Waals surface area contributed by atoms with Crippen LogP contribution in [0.1, 0.15) is 28.8 Å². The third-order valence-electron chi connectivity index (χ3n) is 4.95. The van der Waals surface area contributed by atoms with Gasteiger partial charge in [-0.05, 0) is 42.7 Å². The number of amides is 1. The minimum atomic E-state index is -0.821. The van der Waals surface area contributed by atoms with Gasteiger partial charge in [0, 0.05) is 18.8 Å². The predicted octanol–water partition coefficient (Wildman–Crippen LogP) is 2.40. The molecule has 0 saturated carbocycles. The maximum atomic E-state index is 12.3. The van der Waals surface area contributed by atoms with Crippen molar-refractivity contribution in [1.82, 2.24) is 4.90 Å². The summed E-state index contributed by atoms with van der Waals surface area (Å²) in [6, 6.07) is 16.3. The number of ether oxygens (including phenoxy) is 1. The molecule has 0 aromatic heterocycles. The summed E-state index contributed by atoms with van der Waals surface area (Å²) in [5.74, 6) is -0.530. The molecule has 6 nitrogen and oxygen atoms in total. The average molecular weight is 368 g/mol. The summed E-state index contributed by atoms with van der Waals surface area (Å²) in [5, 5.41) is 13.7. The van der Waals surface area contributed by atoms with E-state index in [-0.39, 0.29) is 12.5 Å². The molecule has 2 aromatic carbocycles. The zero-order valence-electron chi connectivity index (χ0n) is 15.4. The quantitative estimate of drug-likeness (QED) is 0.793. The van der Waals surface area contributed by atoms with Crippen LogP contribution >= 0.6 is 0 Å². The number of piperidine rings is 1. The van der Waals surface area contributed by atoms with Crippen molar-refractivity contribution >= 4 is 17.6 Å². The van der Waals surface area contributed by atoms with Crippen molar-refractivity contribution in [2.45, 2.75) is 18.4 Å². The monoisotopic (exact) mass is 368 g/mol. The zero-order valence-corrected chi connectivity index (χ0v) is 15.4. The van der Waals surface area contributed by atoms with E-state index in [0.29, 0.717) is 37.2 Å². The van der Waals surface area contributed by atoms with Crippen LogP contribution in [-0.2, 0) is 15.1 Å². The van der Waals surface area contributed by atoms with Gasteiger partial charge in [0.15, 0.2) is 0 Å². The van der Waals surface area contributed by atoms with Gasteiger partial charge in [0.05, 0.1) is 24.8 Å². The fourth-order valence-corrected chi connectivity index (χ4v) is 3.33. The van der Waals surface area contributed by atoms with E-state index in [1.54, 1.807) is 24.3 Å². The maximum absolute atomic E-state index is 12.3. The number of aliphatic hydroxyl groups is 1. The second-order valence-electron chi connectivity index (χ2n) is 6.79. The number of rotatable bonds is 5. The van der Waals surface area contributed by atoms with E-state index in [1.165, 1.54) is 7.11 Å². The molecular weight excluding hydrogens is 344 g/mol. The molecule has 1 heterocycles. The first kappa shape index (κ1) is 19.1. The number of hydrogen-bond acceptors (Lipinski definition) is 5. The summed E-state index contributed by atoms with van der Waals surface area (Å²) in [6.07, 6.45) is 1.19. The third kappa shape index (κ3) is 4.72. The SMILES string of the molecule is COC(=O)c1ccc(NC(=O)CN2CCC(O)(c3ccccc3)CC2)cc1. The lowest BCUT2D eigenvalue weighted by molar-refractivity contribution is -0.118. The molecule has 6 heteroatoms. The minimum Gasteiger partial charge on any atom is -0.465 e. The highest BCUT2D eigenvalue weighted by atomic mass is 16.5. The molecular formula is C21H24N2O4. The number of carbonyl (C=O) groups is 2. The van der Waals surface area contributed by atoms with Crippen LogP contribution in [0.5, 0.6) is 0 Å². The summed E-state index contributed by atoms with van der Waals surface area (Å²) in [6.45, 7) is 1.57. The Labute approximate surface area is 158 Å². The van der Waals surface area contributed by atoms with E-state index < -0.39 is 11.6 Å². The summed E-state index contributed by atoms with van der Waals surface area (Å²) in [4.78, 5) is 25.7. The molecule has 1 fully saturated rings. The van der Waals surface area contributed by atoms with Gasteiger partial charge in [-0.15, -0.1) is 0 Å². The molecule has 1 aliphatic heterocycles. The highest BCUT2D eigenvalue weighted by molar-refractivity contribution is 5.94. The zero-order chi connectivity index (χ0) is 19.3. The van der Waals surface area contributed by atoms with Gasteiger partial charge >= 0.3 is 5.97 Å². The molecule has 0 aliphatic carbocycles. The molecule has 0 radical (unpaired) electrons. The van der Waals surface area contributed by atoms with Gasteiger partial charge < -0.3 is 15.2 Å².